The first-order valence-corrected chi connectivity index (χ1v) is 10.9. The van der Waals surface area contributed by atoms with Crippen LogP contribution >= 0.6 is 0 Å². The van der Waals surface area contributed by atoms with Gasteiger partial charge in [0.05, 0.1) is 10.5 Å². The van der Waals surface area contributed by atoms with Gasteiger partial charge >= 0.3 is 27.2 Å². The second kappa shape index (κ2) is 8.78. The first-order valence-electron chi connectivity index (χ1n) is 8.02. The molecule has 0 aliphatic carbocycles. The molecule has 0 aliphatic rings. The summed E-state index contributed by atoms with van der Waals surface area (Å²) in [5.74, 6) is -0.956. The standard InChI is InChI=1S/C16H9F6N3O6S2/c17-15(18,19)32(27,28)12-4-1-10(2-5-12)24-14(26)25-11-3-6-13(9(7-11)8-23)31-33(29,30)16(20,21)22/h1-7H,(H2,24,25,26). The van der Waals surface area contributed by atoms with E-state index >= 15 is 0 Å². The van der Waals surface area contributed by atoms with E-state index in [2.05, 4.69) is 14.8 Å². The molecule has 0 spiro atoms. The molecule has 0 saturated heterocycles. The van der Waals surface area contributed by atoms with Gasteiger partial charge in [-0.1, -0.05) is 0 Å². The van der Waals surface area contributed by atoms with Crippen molar-refractivity contribution in [2.24, 2.45) is 0 Å². The molecule has 0 saturated carbocycles. The summed E-state index contributed by atoms with van der Waals surface area (Å²) in [4.78, 5) is 10.9. The fourth-order valence-electron chi connectivity index (χ4n) is 2.08. The quantitative estimate of drug-likeness (QED) is 0.350. The second-order valence-corrected chi connectivity index (χ2v) is 9.34. The van der Waals surface area contributed by atoms with Crippen molar-refractivity contribution in [2.75, 3.05) is 10.6 Å². The summed E-state index contributed by atoms with van der Waals surface area (Å²) in [6.45, 7) is 0. The summed E-state index contributed by atoms with van der Waals surface area (Å²) in [6, 6.07) is 5.63. The van der Waals surface area contributed by atoms with Crippen molar-refractivity contribution in [2.45, 2.75) is 15.9 Å². The number of anilines is 2. The zero-order chi connectivity index (χ0) is 25.2. The first kappa shape index (κ1) is 25.7. The smallest absolute Gasteiger partial charge is 0.375 e. The van der Waals surface area contributed by atoms with Crippen LogP contribution in [0.25, 0.3) is 0 Å². The van der Waals surface area contributed by atoms with Gasteiger partial charge in [-0.15, -0.1) is 0 Å². The van der Waals surface area contributed by atoms with E-state index in [-0.39, 0.29) is 11.4 Å². The summed E-state index contributed by atoms with van der Waals surface area (Å²) in [6.07, 6.45) is 0. The number of halogens is 6. The third-order valence-corrected chi connectivity index (χ3v) is 6.04. The van der Waals surface area contributed by atoms with E-state index in [1.54, 1.807) is 0 Å². The predicted octanol–water partition coefficient (Wildman–Crippen LogP) is 3.72. The van der Waals surface area contributed by atoms with Crippen LogP contribution in [0.15, 0.2) is 47.4 Å². The third kappa shape index (κ3) is 5.84. The Morgan fingerprint density at radius 2 is 1.36 bits per heavy atom. The van der Waals surface area contributed by atoms with E-state index in [0.717, 1.165) is 24.3 Å². The van der Waals surface area contributed by atoms with E-state index in [4.69, 9.17) is 5.26 Å². The Morgan fingerprint density at radius 3 is 1.85 bits per heavy atom. The van der Waals surface area contributed by atoms with Crippen LogP contribution in [-0.2, 0) is 20.0 Å². The Morgan fingerprint density at radius 1 is 0.848 bits per heavy atom. The molecule has 0 radical (unpaired) electrons. The highest BCUT2D eigenvalue weighted by atomic mass is 32.2. The molecule has 2 N–H and O–H groups in total. The Balaban J connectivity index is 2.14. The molecule has 178 valence electrons. The van der Waals surface area contributed by atoms with Crippen molar-refractivity contribution >= 4 is 37.4 Å². The number of hydrogen-bond donors (Lipinski definition) is 2. The number of rotatable bonds is 5. The largest absolute Gasteiger partial charge is 0.534 e. The van der Waals surface area contributed by atoms with Crippen molar-refractivity contribution in [1.82, 2.24) is 0 Å². The van der Waals surface area contributed by atoms with Crippen LogP contribution in [0.4, 0.5) is 42.5 Å². The second-order valence-electron chi connectivity index (χ2n) is 5.86. The number of urea groups is 1. The molecule has 0 unspecified atom stereocenters. The molecular weight excluding hydrogens is 508 g/mol. The number of benzene rings is 2. The lowest BCUT2D eigenvalue weighted by Gasteiger charge is -2.12. The summed E-state index contributed by atoms with van der Waals surface area (Å²) >= 11 is 0. The van der Waals surface area contributed by atoms with E-state index in [9.17, 15) is 48.0 Å². The van der Waals surface area contributed by atoms with Gasteiger partial charge in [0.25, 0.3) is 9.84 Å². The lowest BCUT2D eigenvalue weighted by molar-refractivity contribution is -0.0500. The Kier molecular flexibility index (Phi) is 6.85. The van der Waals surface area contributed by atoms with Crippen LogP contribution in [-0.4, -0.2) is 33.9 Å². The van der Waals surface area contributed by atoms with Gasteiger partial charge in [0.15, 0.2) is 5.75 Å². The van der Waals surface area contributed by atoms with Crippen LogP contribution in [0.2, 0.25) is 0 Å². The summed E-state index contributed by atoms with van der Waals surface area (Å²) in [5, 5.41) is 13.3. The topological polar surface area (TPSA) is 142 Å². The monoisotopic (exact) mass is 517 g/mol. The number of hydrogen-bond acceptors (Lipinski definition) is 7. The number of carbonyl (C=O) groups is 1. The Bertz CT molecular complexity index is 1310. The fourth-order valence-corrected chi connectivity index (χ4v) is 3.32. The molecule has 0 bridgehead atoms. The van der Waals surface area contributed by atoms with Gasteiger partial charge in [-0.05, 0) is 42.5 Å². The fraction of sp³-hybridized carbons (Fsp3) is 0.125. The first-order chi connectivity index (χ1) is 15.0. The molecule has 33 heavy (non-hydrogen) atoms. The van der Waals surface area contributed by atoms with E-state index in [0.29, 0.717) is 18.2 Å². The number of nitriles is 1. The van der Waals surface area contributed by atoms with Crippen LogP contribution < -0.4 is 14.8 Å². The summed E-state index contributed by atoms with van der Waals surface area (Å²) in [7, 11) is -11.6. The molecule has 2 amide bonds. The van der Waals surface area contributed by atoms with Crippen LogP contribution in [0.5, 0.6) is 5.75 Å². The maximum atomic E-state index is 12.5. The zero-order valence-electron chi connectivity index (χ0n) is 15.5. The predicted molar refractivity (Wildman–Crippen MR) is 99.1 cm³/mol. The SMILES string of the molecule is N#Cc1cc(NC(=O)Nc2ccc(S(=O)(=O)C(F)(F)F)cc2)ccc1OS(=O)(=O)C(F)(F)F. The number of amides is 2. The minimum atomic E-state index is -6.05. The lowest BCUT2D eigenvalue weighted by atomic mass is 10.2. The molecule has 2 rings (SSSR count). The molecule has 0 heterocycles. The number of nitrogens with zero attached hydrogens (tertiary/aromatic N) is 1. The summed E-state index contributed by atoms with van der Waals surface area (Å²) < 4.78 is 123. The Hall–Kier alpha value is -3.52. The molecule has 17 heteroatoms. The van der Waals surface area contributed by atoms with Gasteiger partial charge < -0.3 is 14.8 Å². The average Bonchev–Trinajstić information content (AvgIpc) is 2.67. The van der Waals surface area contributed by atoms with E-state index < -0.39 is 53.2 Å². The molecular formula is C16H9F6N3O6S2. The highest BCUT2D eigenvalue weighted by Crippen LogP contribution is 2.31. The lowest BCUT2D eigenvalue weighted by Crippen LogP contribution is -2.28. The summed E-state index contributed by atoms with van der Waals surface area (Å²) in [5.41, 5.74) is -12.3. The minimum absolute atomic E-state index is 0.134. The molecule has 0 aromatic heterocycles. The minimum Gasteiger partial charge on any atom is -0.375 e. The Labute approximate surface area is 181 Å². The zero-order valence-corrected chi connectivity index (χ0v) is 17.2. The van der Waals surface area contributed by atoms with Gasteiger partial charge in [-0.25, -0.2) is 13.2 Å². The van der Waals surface area contributed by atoms with Gasteiger partial charge in [0, 0.05) is 11.4 Å². The normalized spacial score (nSPS) is 12.5. The highest BCUT2D eigenvalue weighted by Gasteiger charge is 2.49. The van der Waals surface area contributed by atoms with Crippen LogP contribution in [0, 0.1) is 11.3 Å². The van der Waals surface area contributed by atoms with Crippen LogP contribution in [0.1, 0.15) is 5.56 Å². The molecule has 0 aliphatic heterocycles. The number of sulfone groups is 1. The average molecular weight is 517 g/mol. The van der Waals surface area contributed by atoms with Crippen molar-refractivity contribution in [3.8, 4) is 11.8 Å². The number of carbonyl (C=O) groups excluding carboxylic acids is 1. The molecule has 9 nitrogen and oxygen atoms in total. The van der Waals surface area contributed by atoms with Gasteiger partial charge in [0.1, 0.15) is 6.07 Å². The maximum Gasteiger partial charge on any atom is 0.534 e. The van der Waals surface area contributed by atoms with Crippen molar-refractivity contribution in [1.29, 1.82) is 5.26 Å². The highest BCUT2D eigenvalue weighted by molar-refractivity contribution is 7.92. The molecule has 2 aromatic rings. The number of nitrogens with one attached hydrogen (secondary N) is 2. The third-order valence-electron chi connectivity index (χ3n) is 3.57. The molecule has 0 fully saturated rings. The number of alkyl halides is 6. The van der Waals surface area contributed by atoms with Crippen molar-refractivity contribution in [3.63, 3.8) is 0 Å². The molecule has 0 atom stereocenters. The van der Waals surface area contributed by atoms with Crippen molar-refractivity contribution < 1.29 is 52.2 Å². The van der Waals surface area contributed by atoms with Gasteiger partial charge in [-0.3, -0.25) is 0 Å². The maximum absolute atomic E-state index is 12.5. The van der Waals surface area contributed by atoms with E-state index in [1.165, 1.54) is 6.07 Å². The van der Waals surface area contributed by atoms with Gasteiger partial charge in [0.2, 0.25) is 0 Å². The van der Waals surface area contributed by atoms with Crippen LogP contribution in [0.3, 0.4) is 0 Å². The van der Waals surface area contributed by atoms with Crippen molar-refractivity contribution in [3.05, 3.63) is 48.0 Å². The van der Waals surface area contributed by atoms with E-state index in [1.807, 2.05) is 0 Å². The van der Waals surface area contributed by atoms with Gasteiger partial charge in [-0.2, -0.15) is 40.0 Å². The molecule has 2 aromatic carbocycles.